The molecule has 0 aliphatic carbocycles. The second kappa shape index (κ2) is 1.97. The van der Waals surface area contributed by atoms with Crippen LogP contribution in [0.3, 0.4) is 0 Å². The Morgan fingerprint density at radius 1 is 1.43 bits per heavy atom. The van der Waals surface area contributed by atoms with Gasteiger partial charge in [0, 0.05) is 0 Å². The van der Waals surface area contributed by atoms with E-state index in [1.165, 1.54) is 0 Å². The molecule has 0 aliphatic heterocycles. The Morgan fingerprint density at radius 2 is 2.29 bits per heavy atom. The minimum absolute atomic E-state index is 0.787. The third-order valence-corrected chi connectivity index (χ3v) is 0.905. The fourth-order valence-corrected chi connectivity index (χ4v) is 0.413. The molecule has 0 N–H and O–H groups in total. The number of hydrogen-bond donors (Lipinski definition) is 0. The minimum atomic E-state index is 0.787. The molecule has 0 aliphatic rings. The van der Waals surface area contributed by atoms with E-state index in [2.05, 4.69) is 20.6 Å². The van der Waals surface area contributed by atoms with Gasteiger partial charge < -0.3 is 0 Å². The van der Waals surface area contributed by atoms with Crippen molar-refractivity contribution in [3.8, 4) is 0 Å². The Morgan fingerprint density at radius 3 is 2.57 bits per heavy atom. The van der Waals surface area contributed by atoms with E-state index in [4.69, 9.17) is 0 Å². The van der Waals surface area contributed by atoms with Gasteiger partial charge in [0.25, 0.3) is 0 Å². The molecule has 0 amide bonds. The molecule has 5 heteroatoms. The zero-order chi connectivity index (χ0) is 5.11. The fourth-order valence-electron chi connectivity index (χ4n) is 0.198. The van der Waals surface area contributed by atoms with Crippen LogP contribution in [0.4, 0.5) is 0 Å². The van der Waals surface area contributed by atoms with Crippen LogP contribution >= 0.6 is 0 Å². The number of aromatic nitrogens is 4. The SMILES string of the molecule is [Ge][c]1cnnnn1. The quantitative estimate of drug-likeness (QED) is 0.407. The predicted octanol–water partition coefficient (Wildman–Crippen LogP) is -1.94. The summed E-state index contributed by atoms with van der Waals surface area (Å²) in [6.45, 7) is 0. The van der Waals surface area contributed by atoms with Crippen molar-refractivity contribution in [3.63, 3.8) is 0 Å². The van der Waals surface area contributed by atoms with Gasteiger partial charge in [-0.05, 0) is 0 Å². The van der Waals surface area contributed by atoms with Crippen molar-refractivity contribution in [1.29, 1.82) is 0 Å². The van der Waals surface area contributed by atoms with E-state index >= 15 is 0 Å². The first-order chi connectivity index (χ1) is 3.39. The van der Waals surface area contributed by atoms with Gasteiger partial charge in [-0.15, -0.1) is 0 Å². The molecule has 3 radical (unpaired) electrons. The fraction of sp³-hybridized carbons (Fsp3) is 0. The molecule has 7 heavy (non-hydrogen) atoms. The Kier molecular flexibility index (Phi) is 1.30. The van der Waals surface area contributed by atoms with Gasteiger partial charge in [-0.1, -0.05) is 0 Å². The van der Waals surface area contributed by atoms with Gasteiger partial charge >= 0.3 is 47.9 Å². The summed E-state index contributed by atoms with van der Waals surface area (Å²) in [4.78, 5) is 0. The first kappa shape index (κ1) is 4.64. The standard InChI is InChI=1S/C2HGeN4/c3-2-1-4-6-7-5-2/h1H. The Balaban J connectivity index is 3.02. The monoisotopic (exact) mass is 155 g/mol. The average molecular weight is 154 g/mol. The van der Waals surface area contributed by atoms with Crippen LogP contribution in [0, 0.1) is 0 Å². The Bertz CT molecular complexity index is 140. The molecule has 1 heterocycles. The molecule has 1 aromatic heterocycles. The van der Waals surface area contributed by atoms with E-state index in [0.717, 1.165) is 4.53 Å². The van der Waals surface area contributed by atoms with Crippen molar-refractivity contribution in [2.24, 2.45) is 0 Å². The molecular weight excluding hydrogens is 153 g/mol. The third kappa shape index (κ3) is 1.19. The summed E-state index contributed by atoms with van der Waals surface area (Å²) in [5.41, 5.74) is 0. The van der Waals surface area contributed by atoms with Crippen LogP contribution in [0.25, 0.3) is 0 Å². The van der Waals surface area contributed by atoms with Crippen LogP contribution in [0.5, 0.6) is 0 Å². The van der Waals surface area contributed by atoms with Gasteiger partial charge in [-0.2, -0.15) is 0 Å². The molecule has 0 bridgehead atoms. The van der Waals surface area contributed by atoms with Crippen molar-refractivity contribution in [2.75, 3.05) is 0 Å². The van der Waals surface area contributed by atoms with Gasteiger partial charge in [0.1, 0.15) is 0 Å². The zero-order valence-electron chi connectivity index (χ0n) is 3.37. The van der Waals surface area contributed by atoms with Crippen LogP contribution in [-0.4, -0.2) is 37.1 Å². The second-order valence-electron chi connectivity index (χ2n) is 0.909. The van der Waals surface area contributed by atoms with Crippen molar-refractivity contribution in [2.45, 2.75) is 0 Å². The zero-order valence-corrected chi connectivity index (χ0v) is 5.46. The van der Waals surface area contributed by atoms with Gasteiger partial charge in [-0.3, -0.25) is 0 Å². The van der Waals surface area contributed by atoms with Gasteiger partial charge in [0.05, 0.1) is 0 Å². The summed E-state index contributed by atoms with van der Waals surface area (Å²) >= 11 is 1.81. The molecule has 1 aromatic rings. The first-order valence-electron chi connectivity index (χ1n) is 1.62. The molecule has 1 rings (SSSR count). The summed E-state index contributed by atoms with van der Waals surface area (Å²) in [5, 5.41) is 13.5. The van der Waals surface area contributed by atoms with E-state index in [1.807, 2.05) is 16.5 Å². The molecule has 33 valence electrons. The molecule has 0 aromatic carbocycles. The van der Waals surface area contributed by atoms with Crippen LogP contribution < -0.4 is 4.53 Å². The van der Waals surface area contributed by atoms with Crippen LogP contribution in [0.15, 0.2) is 6.20 Å². The van der Waals surface area contributed by atoms with Crippen molar-refractivity contribution in [3.05, 3.63) is 6.20 Å². The van der Waals surface area contributed by atoms with Crippen LogP contribution in [-0.2, 0) is 0 Å². The molecule has 0 fully saturated rings. The molecule has 0 unspecified atom stereocenters. The van der Waals surface area contributed by atoms with Crippen LogP contribution in [0.1, 0.15) is 0 Å². The van der Waals surface area contributed by atoms with E-state index in [9.17, 15) is 0 Å². The number of nitrogens with zero attached hydrogens (tertiary/aromatic N) is 4. The maximum absolute atomic E-state index is 3.56. The van der Waals surface area contributed by atoms with Gasteiger partial charge in [-0.25, -0.2) is 0 Å². The van der Waals surface area contributed by atoms with E-state index in [0.29, 0.717) is 0 Å². The summed E-state index contributed by atoms with van der Waals surface area (Å²) in [6, 6.07) is 0. The van der Waals surface area contributed by atoms with E-state index in [1.54, 1.807) is 6.20 Å². The van der Waals surface area contributed by atoms with Crippen LogP contribution in [0.2, 0.25) is 0 Å². The predicted molar refractivity (Wildman–Crippen MR) is 23.0 cm³/mol. The Labute approximate surface area is 48.6 Å². The van der Waals surface area contributed by atoms with Gasteiger partial charge in [0.15, 0.2) is 0 Å². The van der Waals surface area contributed by atoms with Crippen molar-refractivity contribution >= 4 is 21.0 Å². The van der Waals surface area contributed by atoms with Crippen molar-refractivity contribution in [1.82, 2.24) is 20.6 Å². The molecule has 0 atom stereocenters. The summed E-state index contributed by atoms with van der Waals surface area (Å²) < 4.78 is 0.787. The maximum atomic E-state index is 3.56. The molecule has 0 saturated carbocycles. The van der Waals surface area contributed by atoms with E-state index in [-0.39, 0.29) is 0 Å². The summed E-state index contributed by atoms with van der Waals surface area (Å²) in [7, 11) is 0. The average Bonchev–Trinajstić information content (AvgIpc) is 1.69. The first-order valence-corrected chi connectivity index (χ1v) is 2.67. The number of rotatable bonds is 0. The molecule has 4 nitrogen and oxygen atoms in total. The second-order valence-corrected chi connectivity index (χ2v) is 1.98. The topological polar surface area (TPSA) is 51.6 Å². The Hall–Kier alpha value is -0.517. The van der Waals surface area contributed by atoms with Crippen molar-refractivity contribution < 1.29 is 0 Å². The molecule has 0 saturated heterocycles. The third-order valence-electron chi connectivity index (χ3n) is 0.424. The van der Waals surface area contributed by atoms with E-state index < -0.39 is 0 Å². The summed E-state index contributed by atoms with van der Waals surface area (Å²) in [6.07, 6.45) is 1.55. The molecular formula is C2HGeN4. The normalized spacial score (nSPS) is 8.71. The number of hydrogen-bond acceptors (Lipinski definition) is 4. The van der Waals surface area contributed by atoms with Gasteiger partial charge in [0.2, 0.25) is 0 Å². The summed E-state index contributed by atoms with van der Waals surface area (Å²) in [5.74, 6) is 0. The molecule has 0 spiro atoms.